The Hall–Kier alpha value is -2.41. The average Bonchev–Trinajstić information content (AvgIpc) is 3.21. The maximum Gasteiger partial charge on any atom is 0.251 e. The Morgan fingerprint density at radius 1 is 1.03 bits per heavy atom. The van der Waals surface area contributed by atoms with Gasteiger partial charge in [0.25, 0.3) is 5.91 Å². The zero-order valence-corrected chi connectivity index (χ0v) is 17.6. The number of carbonyl (C=O) groups excluding carboxylic acids is 2. The van der Waals surface area contributed by atoms with Crippen molar-refractivity contribution in [2.75, 3.05) is 44.3 Å². The van der Waals surface area contributed by atoms with Crippen molar-refractivity contribution in [2.24, 2.45) is 0 Å². The quantitative estimate of drug-likeness (QED) is 0.768. The molecule has 2 aliphatic rings. The summed E-state index contributed by atoms with van der Waals surface area (Å²) in [7, 11) is 0. The molecule has 0 aromatic heterocycles. The van der Waals surface area contributed by atoms with Crippen LogP contribution in [0.15, 0.2) is 48.5 Å². The van der Waals surface area contributed by atoms with Crippen molar-refractivity contribution in [3.05, 3.63) is 64.7 Å². The number of carbonyl (C=O) groups is 2. The second-order valence-electron chi connectivity index (χ2n) is 7.62. The van der Waals surface area contributed by atoms with Gasteiger partial charge in [-0.1, -0.05) is 23.7 Å². The lowest BCUT2D eigenvalue weighted by Crippen LogP contribution is -2.43. The topological polar surface area (TPSA) is 61.9 Å². The number of amides is 2. The number of morpholine rings is 1. The van der Waals surface area contributed by atoms with Gasteiger partial charge in [0.05, 0.1) is 19.3 Å². The molecule has 2 aromatic rings. The van der Waals surface area contributed by atoms with Crippen molar-refractivity contribution >= 4 is 29.1 Å². The van der Waals surface area contributed by atoms with E-state index in [0.29, 0.717) is 36.8 Å². The molecule has 0 spiro atoms. The van der Waals surface area contributed by atoms with E-state index < -0.39 is 0 Å². The molecule has 2 fully saturated rings. The molecule has 6 nitrogen and oxygen atoms in total. The van der Waals surface area contributed by atoms with Gasteiger partial charge in [0.15, 0.2) is 0 Å². The van der Waals surface area contributed by atoms with Crippen LogP contribution in [-0.4, -0.2) is 56.1 Å². The van der Waals surface area contributed by atoms with E-state index in [4.69, 9.17) is 16.3 Å². The van der Waals surface area contributed by atoms with E-state index in [1.165, 1.54) is 0 Å². The first kappa shape index (κ1) is 20.8. The highest BCUT2D eigenvalue weighted by Gasteiger charge is 2.24. The van der Waals surface area contributed by atoms with Gasteiger partial charge in [0.2, 0.25) is 5.91 Å². The third-order valence-electron chi connectivity index (χ3n) is 5.71. The Balaban J connectivity index is 1.42. The largest absolute Gasteiger partial charge is 0.379 e. The second-order valence-corrected chi connectivity index (χ2v) is 8.06. The standard InChI is InChI=1S/C23H26ClN3O3/c24-19-7-3-17(4-8-19)21(26-12-14-30-15-13-26)16-25-23(29)18-5-9-20(10-6-18)27-11-1-2-22(27)28/h3-10,21H,1-2,11-16H2,(H,25,29). The summed E-state index contributed by atoms with van der Waals surface area (Å²) in [5.41, 5.74) is 2.55. The summed E-state index contributed by atoms with van der Waals surface area (Å²) in [6, 6.07) is 15.1. The van der Waals surface area contributed by atoms with Crippen LogP contribution >= 0.6 is 11.6 Å². The maximum absolute atomic E-state index is 12.8. The monoisotopic (exact) mass is 427 g/mol. The maximum atomic E-state index is 12.8. The van der Waals surface area contributed by atoms with E-state index >= 15 is 0 Å². The molecule has 2 aromatic carbocycles. The van der Waals surface area contributed by atoms with Gasteiger partial charge >= 0.3 is 0 Å². The van der Waals surface area contributed by atoms with Crippen LogP contribution < -0.4 is 10.2 Å². The smallest absolute Gasteiger partial charge is 0.251 e. The number of nitrogens with one attached hydrogen (secondary N) is 1. The fraction of sp³-hybridized carbons (Fsp3) is 0.391. The van der Waals surface area contributed by atoms with Gasteiger partial charge in [-0.05, 0) is 48.4 Å². The summed E-state index contributed by atoms with van der Waals surface area (Å²) in [4.78, 5) is 28.8. The molecule has 0 aliphatic carbocycles. The van der Waals surface area contributed by atoms with Crippen LogP contribution in [0.5, 0.6) is 0 Å². The molecule has 1 unspecified atom stereocenters. The minimum absolute atomic E-state index is 0.0524. The minimum atomic E-state index is -0.124. The normalized spacial score (nSPS) is 18.4. The first-order valence-electron chi connectivity index (χ1n) is 10.4. The van der Waals surface area contributed by atoms with E-state index in [1.807, 2.05) is 36.4 Å². The van der Waals surface area contributed by atoms with E-state index in [2.05, 4.69) is 10.2 Å². The number of anilines is 1. The van der Waals surface area contributed by atoms with Gasteiger partial charge in [-0.3, -0.25) is 14.5 Å². The number of rotatable bonds is 6. The number of hydrogen-bond donors (Lipinski definition) is 1. The van der Waals surface area contributed by atoms with E-state index in [0.717, 1.165) is 37.3 Å². The molecular formula is C23H26ClN3O3. The third-order valence-corrected chi connectivity index (χ3v) is 5.96. The Bertz CT molecular complexity index is 880. The lowest BCUT2D eigenvalue weighted by atomic mass is 10.0. The van der Waals surface area contributed by atoms with Crippen LogP contribution in [-0.2, 0) is 9.53 Å². The second kappa shape index (κ2) is 9.60. The number of halogens is 1. The van der Waals surface area contributed by atoms with Crippen molar-refractivity contribution in [3.63, 3.8) is 0 Å². The number of hydrogen-bond acceptors (Lipinski definition) is 4. The molecule has 1 atom stereocenters. The number of ether oxygens (including phenoxy) is 1. The van der Waals surface area contributed by atoms with Crippen molar-refractivity contribution in [1.29, 1.82) is 0 Å². The summed E-state index contributed by atoms with van der Waals surface area (Å²) < 4.78 is 5.48. The Labute approximate surface area is 181 Å². The van der Waals surface area contributed by atoms with E-state index in [9.17, 15) is 9.59 Å². The van der Waals surface area contributed by atoms with E-state index in [1.54, 1.807) is 17.0 Å². The van der Waals surface area contributed by atoms with Crippen LogP contribution in [0.2, 0.25) is 5.02 Å². The number of nitrogens with zero attached hydrogens (tertiary/aromatic N) is 2. The summed E-state index contributed by atoms with van der Waals surface area (Å²) in [6.07, 6.45) is 1.48. The molecule has 4 rings (SSSR count). The average molecular weight is 428 g/mol. The summed E-state index contributed by atoms with van der Waals surface area (Å²) >= 11 is 6.05. The highest BCUT2D eigenvalue weighted by atomic mass is 35.5. The van der Waals surface area contributed by atoms with Gasteiger partial charge in [-0.15, -0.1) is 0 Å². The predicted molar refractivity (Wildman–Crippen MR) is 117 cm³/mol. The first-order chi connectivity index (χ1) is 14.6. The Kier molecular flexibility index (Phi) is 6.67. The fourth-order valence-electron chi connectivity index (χ4n) is 4.04. The molecule has 158 valence electrons. The molecule has 2 amide bonds. The zero-order valence-electron chi connectivity index (χ0n) is 16.9. The van der Waals surface area contributed by atoms with Crippen LogP contribution in [0, 0.1) is 0 Å². The van der Waals surface area contributed by atoms with Gasteiger partial charge in [-0.2, -0.15) is 0 Å². The molecule has 2 heterocycles. The molecule has 1 N–H and O–H groups in total. The summed E-state index contributed by atoms with van der Waals surface area (Å²) in [6.45, 7) is 4.26. The van der Waals surface area contributed by atoms with Crippen molar-refractivity contribution in [1.82, 2.24) is 10.2 Å². The van der Waals surface area contributed by atoms with Crippen LogP contribution in [0.4, 0.5) is 5.69 Å². The van der Waals surface area contributed by atoms with Gasteiger partial charge in [0.1, 0.15) is 0 Å². The van der Waals surface area contributed by atoms with Crippen LogP contribution in [0.1, 0.15) is 34.8 Å². The summed E-state index contributed by atoms with van der Waals surface area (Å²) in [5, 5.41) is 3.77. The molecule has 7 heteroatoms. The molecule has 0 radical (unpaired) electrons. The lowest BCUT2D eigenvalue weighted by molar-refractivity contribution is -0.117. The van der Waals surface area contributed by atoms with Gasteiger partial charge < -0.3 is 15.0 Å². The van der Waals surface area contributed by atoms with Crippen molar-refractivity contribution < 1.29 is 14.3 Å². The molecular weight excluding hydrogens is 402 g/mol. The first-order valence-corrected chi connectivity index (χ1v) is 10.8. The van der Waals surface area contributed by atoms with E-state index in [-0.39, 0.29) is 17.9 Å². The van der Waals surface area contributed by atoms with Crippen LogP contribution in [0.3, 0.4) is 0 Å². The van der Waals surface area contributed by atoms with Crippen LogP contribution in [0.25, 0.3) is 0 Å². The van der Waals surface area contributed by atoms with Crippen molar-refractivity contribution in [2.45, 2.75) is 18.9 Å². The Morgan fingerprint density at radius 3 is 2.37 bits per heavy atom. The van der Waals surface area contributed by atoms with Gasteiger partial charge in [0, 0.05) is 48.9 Å². The fourth-order valence-corrected chi connectivity index (χ4v) is 4.16. The number of benzene rings is 2. The lowest BCUT2D eigenvalue weighted by Gasteiger charge is -2.35. The highest BCUT2D eigenvalue weighted by molar-refractivity contribution is 6.30. The van der Waals surface area contributed by atoms with Gasteiger partial charge in [-0.25, -0.2) is 0 Å². The predicted octanol–water partition coefficient (Wildman–Crippen LogP) is 3.27. The molecule has 2 aliphatic heterocycles. The summed E-state index contributed by atoms with van der Waals surface area (Å²) in [5.74, 6) is 0.0186. The molecule has 2 saturated heterocycles. The molecule has 30 heavy (non-hydrogen) atoms. The molecule has 0 saturated carbocycles. The van der Waals surface area contributed by atoms with Crippen molar-refractivity contribution in [3.8, 4) is 0 Å². The highest BCUT2D eigenvalue weighted by Crippen LogP contribution is 2.24. The minimum Gasteiger partial charge on any atom is -0.379 e. The third kappa shape index (κ3) is 4.83. The molecule has 0 bridgehead atoms. The SMILES string of the molecule is O=C(NCC(c1ccc(Cl)cc1)N1CCOCC1)c1ccc(N2CCCC2=O)cc1. The zero-order chi connectivity index (χ0) is 20.9. The Morgan fingerprint density at radius 2 is 1.73 bits per heavy atom.